The fraction of sp³-hybridized carbons (Fsp3) is 0.304. The van der Waals surface area contributed by atoms with Crippen LogP contribution in [0, 0.1) is 12.8 Å². The summed E-state index contributed by atoms with van der Waals surface area (Å²) in [5.74, 6) is 0.427. The molecule has 0 saturated carbocycles. The molecule has 0 spiro atoms. The van der Waals surface area contributed by atoms with Crippen molar-refractivity contribution in [2.75, 3.05) is 18.5 Å². The molecule has 0 aliphatic heterocycles. The number of hydrogen-bond acceptors (Lipinski definition) is 4. The quantitative estimate of drug-likeness (QED) is 0.604. The first-order chi connectivity index (χ1) is 13.4. The number of thiazole rings is 1. The Morgan fingerprint density at radius 2 is 1.79 bits per heavy atom. The lowest BCUT2D eigenvalue weighted by atomic mass is 10.1. The largest absolute Gasteiger partial charge is 0.352 e. The summed E-state index contributed by atoms with van der Waals surface area (Å²) >= 11 is 1.70. The number of nitrogens with one attached hydrogen (secondary N) is 1. The van der Waals surface area contributed by atoms with E-state index in [2.05, 4.69) is 50.2 Å². The van der Waals surface area contributed by atoms with E-state index in [1.807, 2.05) is 42.5 Å². The summed E-state index contributed by atoms with van der Waals surface area (Å²) in [4.78, 5) is 20.4. The van der Waals surface area contributed by atoms with E-state index >= 15 is 0 Å². The number of carbonyl (C=O) groups excluding carboxylic acids is 1. The van der Waals surface area contributed by atoms with Gasteiger partial charge < -0.3 is 10.2 Å². The predicted octanol–water partition coefficient (Wildman–Crippen LogP) is 5.14. The predicted molar refractivity (Wildman–Crippen MR) is 118 cm³/mol. The highest BCUT2D eigenvalue weighted by atomic mass is 32.1. The maximum absolute atomic E-state index is 12.1. The molecule has 0 radical (unpaired) electrons. The molecule has 2 aromatic carbocycles. The minimum Gasteiger partial charge on any atom is -0.352 e. The molecular weight excluding hydrogens is 366 g/mol. The van der Waals surface area contributed by atoms with Crippen LogP contribution in [-0.4, -0.2) is 24.5 Å². The van der Waals surface area contributed by atoms with E-state index in [0.717, 1.165) is 28.5 Å². The summed E-state index contributed by atoms with van der Waals surface area (Å²) in [7, 11) is 2.05. The van der Waals surface area contributed by atoms with E-state index in [4.69, 9.17) is 4.98 Å². The molecule has 0 atom stereocenters. The third-order valence-electron chi connectivity index (χ3n) is 4.47. The van der Waals surface area contributed by atoms with Gasteiger partial charge in [-0.2, -0.15) is 0 Å². The van der Waals surface area contributed by atoms with E-state index in [-0.39, 0.29) is 5.91 Å². The van der Waals surface area contributed by atoms with Crippen molar-refractivity contribution < 1.29 is 4.79 Å². The highest BCUT2D eigenvalue weighted by Crippen LogP contribution is 2.32. The van der Waals surface area contributed by atoms with Gasteiger partial charge in [0.2, 0.25) is 0 Å². The molecule has 3 rings (SSSR count). The Morgan fingerprint density at radius 3 is 2.43 bits per heavy atom. The van der Waals surface area contributed by atoms with Gasteiger partial charge in [0.15, 0.2) is 5.13 Å². The lowest BCUT2D eigenvalue weighted by molar-refractivity contribution is 0.0949. The van der Waals surface area contributed by atoms with Crippen LogP contribution in [0.4, 0.5) is 5.13 Å². The van der Waals surface area contributed by atoms with Crippen LogP contribution in [0.3, 0.4) is 0 Å². The second-order valence-corrected chi connectivity index (χ2v) is 8.61. The maximum atomic E-state index is 12.1. The summed E-state index contributed by atoms with van der Waals surface area (Å²) in [6.07, 6.45) is 0. The number of nitrogens with zero attached hydrogens (tertiary/aromatic N) is 2. The molecule has 1 amide bonds. The second kappa shape index (κ2) is 9.02. The first-order valence-electron chi connectivity index (χ1n) is 9.55. The van der Waals surface area contributed by atoms with Gasteiger partial charge in [-0.25, -0.2) is 4.98 Å². The number of amides is 1. The maximum Gasteiger partial charge on any atom is 0.251 e. The highest BCUT2D eigenvalue weighted by Gasteiger charge is 2.13. The van der Waals surface area contributed by atoms with Gasteiger partial charge in [0, 0.05) is 36.1 Å². The molecule has 0 fully saturated rings. The Morgan fingerprint density at radius 1 is 1.11 bits per heavy atom. The van der Waals surface area contributed by atoms with Crippen molar-refractivity contribution in [3.8, 4) is 11.3 Å². The molecule has 5 heteroatoms. The lowest BCUT2D eigenvalue weighted by Crippen LogP contribution is -2.27. The normalized spacial score (nSPS) is 10.9. The van der Waals surface area contributed by atoms with Gasteiger partial charge in [-0.05, 0) is 30.5 Å². The summed E-state index contributed by atoms with van der Waals surface area (Å²) in [5, 5.41) is 3.95. The monoisotopic (exact) mass is 393 g/mol. The molecule has 3 aromatic rings. The topological polar surface area (TPSA) is 45.2 Å². The van der Waals surface area contributed by atoms with Crippen LogP contribution >= 0.6 is 11.3 Å². The van der Waals surface area contributed by atoms with E-state index < -0.39 is 0 Å². The first-order valence-corrected chi connectivity index (χ1v) is 10.4. The van der Waals surface area contributed by atoms with E-state index in [1.54, 1.807) is 11.3 Å². The van der Waals surface area contributed by atoms with Gasteiger partial charge >= 0.3 is 0 Å². The molecule has 0 aliphatic rings. The summed E-state index contributed by atoms with van der Waals surface area (Å²) < 4.78 is 0. The average molecular weight is 394 g/mol. The Kier molecular flexibility index (Phi) is 6.47. The van der Waals surface area contributed by atoms with Gasteiger partial charge in [-0.1, -0.05) is 56.3 Å². The average Bonchev–Trinajstić information content (AvgIpc) is 3.09. The number of carbonyl (C=O) groups is 1. The zero-order valence-electron chi connectivity index (χ0n) is 16.9. The molecule has 0 bridgehead atoms. The molecule has 0 aliphatic carbocycles. The van der Waals surface area contributed by atoms with Gasteiger partial charge in [0.25, 0.3) is 5.91 Å². The fourth-order valence-corrected chi connectivity index (χ4v) is 3.80. The minimum absolute atomic E-state index is 0.0170. The van der Waals surface area contributed by atoms with Crippen molar-refractivity contribution in [3.05, 3.63) is 70.6 Å². The number of aryl methyl sites for hydroxylation is 1. The minimum atomic E-state index is -0.0170. The van der Waals surface area contributed by atoms with Gasteiger partial charge in [0.05, 0.1) is 5.69 Å². The van der Waals surface area contributed by atoms with Crippen LogP contribution in [0.1, 0.15) is 34.6 Å². The van der Waals surface area contributed by atoms with E-state index in [9.17, 15) is 4.79 Å². The summed E-state index contributed by atoms with van der Waals surface area (Å²) in [6.45, 7) is 7.72. The van der Waals surface area contributed by atoms with Crippen LogP contribution < -0.4 is 10.2 Å². The van der Waals surface area contributed by atoms with Crippen molar-refractivity contribution in [1.29, 1.82) is 0 Å². The lowest BCUT2D eigenvalue weighted by Gasteiger charge is -2.16. The zero-order chi connectivity index (χ0) is 20.1. The van der Waals surface area contributed by atoms with Gasteiger partial charge in [-0.15, -0.1) is 11.3 Å². The molecule has 28 heavy (non-hydrogen) atoms. The summed E-state index contributed by atoms with van der Waals surface area (Å²) in [6, 6.07) is 18.1. The molecule has 1 aromatic heterocycles. The molecule has 1 N–H and O–H groups in total. The molecule has 1 heterocycles. The van der Waals surface area contributed by atoms with Crippen molar-refractivity contribution >= 4 is 22.4 Å². The van der Waals surface area contributed by atoms with Crippen LogP contribution in [-0.2, 0) is 6.54 Å². The van der Waals surface area contributed by atoms with E-state index in [0.29, 0.717) is 18.0 Å². The Hall–Kier alpha value is -2.66. The standard InChI is InChI=1S/C23H27N3OS/c1-16(2)14-24-22(27)20-12-10-18(11-13-20)15-26(4)23-25-21(17(3)28-23)19-8-6-5-7-9-19/h5-13,16H,14-15H2,1-4H3,(H,24,27). The van der Waals surface area contributed by atoms with Crippen LogP contribution in [0.2, 0.25) is 0 Å². The number of anilines is 1. The van der Waals surface area contributed by atoms with Crippen LogP contribution in [0.5, 0.6) is 0 Å². The first kappa shape index (κ1) is 20.1. The van der Waals surface area contributed by atoms with Gasteiger partial charge in [0.1, 0.15) is 0 Å². The Labute approximate surface area is 171 Å². The van der Waals surface area contributed by atoms with E-state index in [1.165, 1.54) is 4.88 Å². The molecular formula is C23H27N3OS. The molecule has 0 saturated heterocycles. The SMILES string of the molecule is Cc1sc(N(C)Cc2ccc(C(=O)NCC(C)C)cc2)nc1-c1ccccc1. The Bertz CT molecular complexity index is 917. The van der Waals surface area contributed by atoms with Crippen molar-refractivity contribution in [3.63, 3.8) is 0 Å². The van der Waals surface area contributed by atoms with Crippen molar-refractivity contribution in [2.24, 2.45) is 5.92 Å². The fourth-order valence-electron chi connectivity index (χ4n) is 2.91. The molecule has 0 unspecified atom stereocenters. The van der Waals surface area contributed by atoms with Crippen LogP contribution in [0.25, 0.3) is 11.3 Å². The van der Waals surface area contributed by atoms with Crippen molar-refractivity contribution in [2.45, 2.75) is 27.3 Å². The zero-order valence-corrected chi connectivity index (χ0v) is 17.7. The highest BCUT2D eigenvalue weighted by molar-refractivity contribution is 7.16. The number of aromatic nitrogens is 1. The smallest absolute Gasteiger partial charge is 0.251 e. The van der Waals surface area contributed by atoms with Crippen molar-refractivity contribution in [1.82, 2.24) is 10.3 Å². The summed E-state index contributed by atoms with van der Waals surface area (Å²) in [5.41, 5.74) is 4.04. The third-order valence-corrected chi connectivity index (χ3v) is 5.55. The Balaban J connectivity index is 1.66. The molecule has 146 valence electrons. The second-order valence-electron chi connectivity index (χ2n) is 7.42. The van der Waals surface area contributed by atoms with Gasteiger partial charge in [-0.3, -0.25) is 4.79 Å². The number of benzene rings is 2. The number of hydrogen-bond donors (Lipinski definition) is 1. The van der Waals surface area contributed by atoms with Crippen LogP contribution in [0.15, 0.2) is 54.6 Å². The third kappa shape index (κ3) is 4.98. The molecule has 4 nitrogen and oxygen atoms in total. The number of rotatable bonds is 7.